The molecule has 10 heteroatoms. The zero-order chi connectivity index (χ0) is 22.8. The smallest absolute Gasteiger partial charge is 0.243 e. The lowest BCUT2D eigenvalue weighted by Gasteiger charge is -2.18. The SMILES string of the molecule is C=N[C@]12COC[C@@]1(C(C)C)[C@H]2Nc1nc(NC)c2c(-c3ccc4nccnc4n3)ccn2n1. The lowest BCUT2D eigenvalue weighted by Crippen LogP contribution is -2.25. The van der Waals surface area contributed by atoms with Gasteiger partial charge in [0.1, 0.15) is 16.6 Å². The molecular formula is C23H25N9O. The number of hydrogen-bond acceptors (Lipinski definition) is 9. The quantitative estimate of drug-likeness (QED) is 0.437. The van der Waals surface area contributed by atoms with Crippen molar-refractivity contribution < 1.29 is 4.74 Å². The third kappa shape index (κ3) is 2.58. The van der Waals surface area contributed by atoms with E-state index in [1.165, 1.54) is 0 Å². The van der Waals surface area contributed by atoms with E-state index in [2.05, 4.69) is 46.2 Å². The van der Waals surface area contributed by atoms with E-state index in [1.54, 1.807) is 12.4 Å². The van der Waals surface area contributed by atoms with Gasteiger partial charge in [0.25, 0.3) is 0 Å². The Balaban J connectivity index is 1.40. The molecule has 10 nitrogen and oxygen atoms in total. The third-order valence-corrected chi connectivity index (χ3v) is 7.32. The van der Waals surface area contributed by atoms with Gasteiger partial charge in [-0.2, -0.15) is 4.98 Å². The number of aromatic nitrogens is 6. The summed E-state index contributed by atoms with van der Waals surface area (Å²) >= 11 is 0. The molecule has 5 heterocycles. The first-order valence-electron chi connectivity index (χ1n) is 11.0. The van der Waals surface area contributed by atoms with E-state index in [-0.39, 0.29) is 17.0 Å². The lowest BCUT2D eigenvalue weighted by atomic mass is 9.89. The molecule has 1 aliphatic carbocycles. The zero-order valence-corrected chi connectivity index (χ0v) is 18.8. The fraction of sp³-hybridized carbons (Fsp3) is 0.391. The Hall–Kier alpha value is -3.66. The molecule has 1 saturated heterocycles. The number of anilines is 2. The van der Waals surface area contributed by atoms with Gasteiger partial charge in [-0.25, -0.2) is 14.5 Å². The van der Waals surface area contributed by atoms with Crippen LogP contribution in [-0.2, 0) is 4.74 Å². The highest BCUT2D eigenvalue weighted by Crippen LogP contribution is 2.67. The summed E-state index contributed by atoms with van der Waals surface area (Å²) in [5, 5.41) is 11.5. The van der Waals surface area contributed by atoms with Gasteiger partial charge in [0.05, 0.1) is 24.9 Å². The summed E-state index contributed by atoms with van der Waals surface area (Å²) in [4.78, 5) is 22.6. The second kappa shape index (κ2) is 6.92. The van der Waals surface area contributed by atoms with Crippen molar-refractivity contribution in [3.05, 3.63) is 36.8 Å². The van der Waals surface area contributed by atoms with Gasteiger partial charge in [0, 0.05) is 36.6 Å². The van der Waals surface area contributed by atoms with Crippen molar-refractivity contribution in [1.29, 1.82) is 0 Å². The highest BCUT2D eigenvalue weighted by atomic mass is 16.5. The summed E-state index contributed by atoms with van der Waals surface area (Å²) in [6.45, 7) is 9.51. The molecule has 1 saturated carbocycles. The van der Waals surface area contributed by atoms with Crippen LogP contribution in [0.5, 0.6) is 0 Å². The maximum absolute atomic E-state index is 5.78. The molecule has 0 aromatic carbocycles. The van der Waals surface area contributed by atoms with Gasteiger partial charge in [0.15, 0.2) is 11.5 Å². The number of aliphatic imine (C=N–C) groups is 1. The Labute approximate surface area is 190 Å². The van der Waals surface area contributed by atoms with Crippen molar-refractivity contribution in [2.45, 2.75) is 25.4 Å². The van der Waals surface area contributed by atoms with Crippen molar-refractivity contribution >= 4 is 35.2 Å². The fourth-order valence-corrected chi connectivity index (χ4v) is 5.54. The minimum Gasteiger partial charge on any atom is -0.378 e. The van der Waals surface area contributed by atoms with Crippen LogP contribution < -0.4 is 10.6 Å². The summed E-state index contributed by atoms with van der Waals surface area (Å²) in [5.41, 5.74) is 3.47. The second-order valence-electron chi connectivity index (χ2n) is 9.00. The van der Waals surface area contributed by atoms with Gasteiger partial charge < -0.3 is 15.4 Å². The Bertz CT molecular complexity index is 1400. The molecule has 3 atom stereocenters. The van der Waals surface area contributed by atoms with Gasteiger partial charge in [-0.3, -0.25) is 9.98 Å². The van der Waals surface area contributed by atoms with Crippen LogP contribution in [0.2, 0.25) is 0 Å². The van der Waals surface area contributed by atoms with Gasteiger partial charge in [-0.05, 0) is 30.8 Å². The number of ether oxygens (including phenoxy) is 1. The third-order valence-electron chi connectivity index (χ3n) is 7.32. The number of hydrogen-bond donors (Lipinski definition) is 2. The molecule has 1 aliphatic heterocycles. The minimum absolute atomic E-state index is 0.0779. The van der Waals surface area contributed by atoms with Crippen LogP contribution in [0.4, 0.5) is 11.8 Å². The summed E-state index contributed by atoms with van der Waals surface area (Å²) in [5.74, 6) is 1.62. The number of fused-ring (bicyclic) bond motifs is 3. The lowest BCUT2D eigenvalue weighted by molar-refractivity contribution is 0.127. The number of pyridine rings is 1. The van der Waals surface area contributed by atoms with Crippen LogP contribution >= 0.6 is 0 Å². The van der Waals surface area contributed by atoms with Crippen LogP contribution in [0.25, 0.3) is 27.9 Å². The van der Waals surface area contributed by atoms with Crippen LogP contribution in [0.15, 0.2) is 41.8 Å². The Morgan fingerprint density at radius 2 is 2.03 bits per heavy atom. The standard InChI is InChI=1S/C23H25N9O/c1-13(2)22-11-33-12-23(22,25-4)20(22)30-21-29-19(24-3)17-14(7-10-32(17)31-21)15-5-6-16-18(28-15)27-9-8-26-16/h5-10,13,20H,4,11-12H2,1-3H3,(H2,24,29,30,31)/t20-,22-,23+/m1/s1. The Kier molecular flexibility index (Phi) is 4.19. The van der Waals surface area contributed by atoms with E-state index in [0.29, 0.717) is 36.5 Å². The average Bonchev–Trinajstić information content (AvgIpc) is 3.16. The first-order valence-corrected chi connectivity index (χ1v) is 11.0. The summed E-state index contributed by atoms with van der Waals surface area (Å²) in [6.07, 6.45) is 5.22. The average molecular weight is 444 g/mol. The van der Waals surface area contributed by atoms with Crippen molar-refractivity contribution in [2.75, 3.05) is 30.9 Å². The van der Waals surface area contributed by atoms with Crippen molar-refractivity contribution in [1.82, 2.24) is 29.5 Å². The summed E-state index contributed by atoms with van der Waals surface area (Å²) in [7, 11) is 1.85. The van der Waals surface area contributed by atoms with E-state index in [4.69, 9.17) is 19.8 Å². The number of nitrogens with one attached hydrogen (secondary N) is 2. The molecular weight excluding hydrogens is 418 g/mol. The molecule has 168 valence electrons. The topological polar surface area (TPSA) is 115 Å². The predicted molar refractivity (Wildman–Crippen MR) is 127 cm³/mol. The number of rotatable bonds is 6. The molecule has 2 aliphatic rings. The minimum atomic E-state index is -0.336. The maximum atomic E-state index is 5.78. The largest absolute Gasteiger partial charge is 0.378 e. The summed E-state index contributed by atoms with van der Waals surface area (Å²) in [6, 6.07) is 5.93. The Morgan fingerprint density at radius 3 is 2.79 bits per heavy atom. The van der Waals surface area contributed by atoms with Crippen molar-refractivity contribution in [2.24, 2.45) is 16.3 Å². The van der Waals surface area contributed by atoms with Crippen LogP contribution in [-0.4, -0.2) is 68.1 Å². The molecule has 0 radical (unpaired) electrons. The van der Waals surface area contributed by atoms with Crippen molar-refractivity contribution in [3.8, 4) is 11.3 Å². The van der Waals surface area contributed by atoms with Gasteiger partial charge in [-0.1, -0.05) is 13.8 Å². The molecule has 4 aromatic heterocycles. The molecule has 33 heavy (non-hydrogen) atoms. The van der Waals surface area contributed by atoms with Crippen LogP contribution in [0.3, 0.4) is 0 Å². The van der Waals surface area contributed by atoms with Gasteiger partial charge in [0.2, 0.25) is 5.95 Å². The normalized spacial score (nSPS) is 26.0. The predicted octanol–water partition coefficient (Wildman–Crippen LogP) is 2.68. The van der Waals surface area contributed by atoms with E-state index in [0.717, 1.165) is 22.3 Å². The fourth-order valence-electron chi connectivity index (χ4n) is 5.54. The van der Waals surface area contributed by atoms with E-state index in [9.17, 15) is 0 Å². The van der Waals surface area contributed by atoms with Crippen LogP contribution in [0.1, 0.15) is 13.8 Å². The molecule has 4 aromatic rings. The second-order valence-corrected chi connectivity index (χ2v) is 9.00. The Morgan fingerprint density at radius 1 is 1.18 bits per heavy atom. The monoisotopic (exact) mass is 443 g/mol. The van der Waals surface area contributed by atoms with E-state index in [1.807, 2.05) is 36.0 Å². The van der Waals surface area contributed by atoms with Crippen molar-refractivity contribution in [3.63, 3.8) is 0 Å². The molecule has 0 amide bonds. The molecule has 0 spiro atoms. The molecule has 2 N–H and O–H groups in total. The molecule has 6 rings (SSSR count). The van der Waals surface area contributed by atoms with Gasteiger partial charge >= 0.3 is 0 Å². The first-order chi connectivity index (χ1) is 16.0. The van der Waals surface area contributed by atoms with E-state index < -0.39 is 0 Å². The maximum Gasteiger partial charge on any atom is 0.243 e. The highest BCUT2D eigenvalue weighted by Gasteiger charge is 2.81. The van der Waals surface area contributed by atoms with Crippen LogP contribution in [0, 0.1) is 11.3 Å². The summed E-state index contributed by atoms with van der Waals surface area (Å²) < 4.78 is 7.61. The molecule has 2 fully saturated rings. The molecule has 0 unspecified atom stereocenters. The van der Waals surface area contributed by atoms with Gasteiger partial charge in [-0.15, -0.1) is 5.10 Å². The zero-order valence-electron chi connectivity index (χ0n) is 18.8. The number of nitrogens with zero attached hydrogens (tertiary/aromatic N) is 7. The highest BCUT2D eigenvalue weighted by molar-refractivity contribution is 5.89. The van der Waals surface area contributed by atoms with E-state index >= 15 is 0 Å². The molecule has 0 bridgehead atoms. The first kappa shape index (κ1) is 20.0.